The lowest BCUT2D eigenvalue weighted by Crippen LogP contribution is -2.35. The lowest BCUT2D eigenvalue weighted by molar-refractivity contribution is -0.121. The fourth-order valence-corrected chi connectivity index (χ4v) is 2.48. The highest BCUT2D eigenvalue weighted by atomic mass is 16.2. The first-order valence-corrected chi connectivity index (χ1v) is 8.04. The summed E-state index contributed by atoms with van der Waals surface area (Å²) < 4.78 is 0. The molecule has 7 heteroatoms. The molecular formula is C17H22N4O3. The van der Waals surface area contributed by atoms with Crippen LogP contribution >= 0.6 is 0 Å². The number of rotatable bonds is 7. The Balaban J connectivity index is 1.77. The molecule has 1 aromatic rings. The van der Waals surface area contributed by atoms with Crippen LogP contribution in [0.4, 0.5) is 0 Å². The standard InChI is InChI=1S/C17H22N4O3/c1-12(22)18-11-7-3-6-10-14(23)19-16-15(17(24)21-20-16)13-8-4-2-5-9-13/h2,4-5,8-9,15H,3,6-7,10-11H2,1H3,(H,18,22)(H,21,24)(H,19,20,23). The minimum absolute atomic E-state index is 0.0453. The molecule has 0 aromatic heterocycles. The highest BCUT2D eigenvalue weighted by Crippen LogP contribution is 2.20. The maximum atomic E-state index is 12.0. The number of hydrazone groups is 1. The van der Waals surface area contributed by atoms with Crippen LogP contribution < -0.4 is 16.1 Å². The molecule has 128 valence electrons. The first-order chi connectivity index (χ1) is 11.6. The summed E-state index contributed by atoms with van der Waals surface area (Å²) in [5, 5.41) is 9.37. The molecular weight excluding hydrogens is 308 g/mol. The molecule has 0 radical (unpaired) electrons. The van der Waals surface area contributed by atoms with Gasteiger partial charge in [-0.05, 0) is 18.4 Å². The van der Waals surface area contributed by atoms with Crippen LogP contribution in [0.1, 0.15) is 44.1 Å². The number of carbonyl (C=O) groups excluding carboxylic acids is 3. The van der Waals surface area contributed by atoms with Gasteiger partial charge in [0.1, 0.15) is 11.8 Å². The summed E-state index contributed by atoms with van der Waals surface area (Å²) in [6.07, 6.45) is 2.75. The predicted octanol–water partition coefficient (Wildman–Crippen LogP) is 1.03. The molecule has 1 unspecified atom stereocenters. The van der Waals surface area contributed by atoms with Gasteiger partial charge in [0.15, 0.2) is 0 Å². The third kappa shape index (κ3) is 5.19. The lowest BCUT2D eigenvalue weighted by atomic mass is 9.98. The topological polar surface area (TPSA) is 99.7 Å². The Hall–Kier alpha value is -2.70. The lowest BCUT2D eigenvalue weighted by Gasteiger charge is -2.12. The third-order valence-electron chi connectivity index (χ3n) is 3.68. The van der Waals surface area contributed by atoms with E-state index in [4.69, 9.17) is 0 Å². The number of benzene rings is 1. The van der Waals surface area contributed by atoms with Crippen LogP contribution in [0.5, 0.6) is 0 Å². The molecule has 0 saturated carbocycles. The first kappa shape index (κ1) is 17.7. The van der Waals surface area contributed by atoms with Gasteiger partial charge >= 0.3 is 0 Å². The Morgan fingerprint density at radius 1 is 1.17 bits per heavy atom. The van der Waals surface area contributed by atoms with Gasteiger partial charge in [-0.1, -0.05) is 36.8 Å². The van der Waals surface area contributed by atoms with Crippen molar-refractivity contribution in [2.75, 3.05) is 6.54 Å². The zero-order valence-corrected chi connectivity index (χ0v) is 13.7. The van der Waals surface area contributed by atoms with Crippen LogP contribution in [0.25, 0.3) is 0 Å². The molecule has 0 bridgehead atoms. The second-order valence-electron chi connectivity index (χ2n) is 5.66. The van der Waals surface area contributed by atoms with E-state index >= 15 is 0 Å². The van der Waals surface area contributed by atoms with Crippen LogP contribution in [-0.2, 0) is 14.4 Å². The van der Waals surface area contributed by atoms with E-state index in [0.717, 1.165) is 24.8 Å². The van der Waals surface area contributed by atoms with Crippen LogP contribution in [0.3, 0.4) is 0 Å². The number of amides is 3. The largest absolute Gasteiger partial charge is 0.356 e. The SMILES string of the molecule is CC(=O)NCCCCCC(=O)NC1=NNC(=O)C1c1ccccc1. The van der Waals surface area contributed by atoms with Crippen molar-refractivity contribution in [2.24, 2.45) is 5.10 Å². The highest BCUT2D eigenvalue weighted by Gasteiger charge is 2.32. The average molecular weight is 330 g/mol. The fourth-order valence-electron chi connectivity index (χ4n) is 2.48. The molecule has 0 spiro atoms. The first-order valence-electron chi connectivity index (χ1n) is 8.04. The monoisotopic (exact) mass is 330 g/mol. The number of unbranched alkanes of at least 4 members (excludes halogenated alkanes) is 2. The molecule has 0 fully saturated rings. The summed E-state index contributed by atoms with van der Waals surface area (Å²) >= 11 is 0. The van der Waals surface area contributed by atoms with Crippen LogP contribution in [0.2, 0.25) is 0 Å². The summed E-state index contributed by atoms with van der Waals surface area (Å²) in [6.45, 7) is 2.10. The summed E-state index contributed by atoms with van der Waals surface area (Å²) in [4.78, 5) is 34.7. The van der Waals surface area contributed by atoms with Crippen molar-refractivity contribution in [2.45, 2.75) is 38.5 Å². The van der Waals surface area contributed by atoms with E-state index in [1.54, 1.807) is 0 Å². The molecule has 1 aliphatic heterocycles. The number of nitrogens with zero attached hydrogens (tertiary/aromatic N) is 1. The minimum atomic E-state index is -0.574. The van der Waals surface area contributed by atoms with Gasteiger partial charge in [-0.15, -0.1) is 0 Å². The Kier molecular flexibility index (Phi) is 6.48. The number of nitrogens with one attached hydrogen (secondary N) is 3. The molecule has 1 atom stereocenters. The van der Waals surface area contributed by atoms with E-state index in [2.05, 4.69) is 21.2 Å². The summed E-state index contributed by atoms with van der Waals surface area (Å²) in [5.41, 5.74) is 3.21. The molecule has 2 rings (SSSR count). The van der Waals surface area contributed by atoms with Crippen molar-refractivity contribution in [1.29, 1.82) is 0 Å². The van der Waals surface area contributed by atoms with E-state index in [9.17, 15) is 14.4 Å². The number of carbonyl (C=O) groups is 3. The van der Waals surface area contributed by atoms with Crippen LogP contribution in [0, 0.1) is 0 Å². The summed E-state index contributed by atoms with van der Waals surface area (Å²) in [6, 6.07) is 9.22. The highest BCUT2D eigenvalue weighted by molar-refractivity contribution is 6.15. The van der Waals surface area contributed by atoms with E-state index in [-0.39, 0.29) is 17.7 Å². The molecule has 1 heterocycles. The van der Waals surface area contributed by atoms with Crippen molar-refractivity contribution in [1.82, 2.24) is 16.1 Å². The van der Waals surface area contributed by atoms with Gasteiger partial charge in [-0.2, -0.15) is 5.10 Å². The fraction of sp³-hybridized carbons (Fsp3) is 0.412. The Labute approximate surface area is 140 Å². The third-order valence-corrected chi connectivity index (χ3v) is 3.68. The summed E-state index contributed by atoms with van der Waals surface area (Å²) in [5.74, 6) is -0.682. The molecule has 1 aromatic carbocycles. The zero-order chi connectivity index (χ0) is 17.4. The Morgan fingerprint density at radius 3 is 2.62 bits per heavy atom. The van der Waals surface area contributed by atoms with Gasteiger partial charge in [0, 0.05) is 19.9 Å². The second kappa shape index (κ2) is 8.81. The van der Waals surface area contributed by atoms with E-state index in [1.807, 2.05) is 30.3 Å². The van der Waals surface area contributed by atoms with Gasteiger partial charge in [-0.25, -0.2) is 5.43 Å². The quantitative estimate of drug-likeness (QED) is 0.651. The summed E-state index contributed by atoms with van der Waals surface area (Å²) in [7, 11) is 0. The van der Waals surface area contributed by atoms with Gasteiger partial charge in [-0.3, -0.25) is 14.4 Å². The Bertz CT molecular complexity index is 628. The van der Waals surface area contributed by atoms with E-state index < -0.39 is 5.92 Å². The minimum Gasteiger partial charge on any atom is -0.356 e. The predicted molar refractivity (Wildman–Crippen MR) is 90.1 cm³/mol. The molecule has 0 saturated heterocycles. The van der Waals surface area contributed by atoms with E-state index in [0.29, 0.717) is 18.8 Å². The molecule has 0 aliphatic carbocycles. The number of hydrogen-bond acceptors (Lipinski definition) is 4. The van der Waals surface area contributed by atoms with Crippen LogP contribution in [-0.4, -0.2) is 30.1 Å². The molecule has 3 N–H and O–H groups in total. The van der Waals surface area contributed by atoms with Gasteiger partial charge in [0.2, 0.25) is 11.8 Å². The molecule has 24 heavy (non-hydrogen) atoms. The molecule has 3 amide bonds. The molecule has 1 aliphatic rings. The number of hydrogen-bond donors (Lipinski definition) is 3. The van der Waals surface area contributed by atoms with Crippen molar-refractivity contribution in [3.05, 3.63) is 35.9 Å². The van der Waals surface area contributed by atoms with Crippen molar-refractivity contribution < 1.29 is 14.4 Å². The van der Waals surface area contributed by atoms with Gasteiger partial charge in [0.25, 0.3) is 5.91 Å². The zero-order valence-electron chi connectivity index (χ0n) is 13.7. The van der Waals surface area contributed by atoms with E-state index in [1.165, 1.54) is 6.92 Å². The second-order valence-corrected chi connectivity index (χ2v) is 5.66. The molecule has 7 nitrogen and oxygen atoms in total. The smallest absolute Gasteiger partial charge is 0.255 e. The maximum Gasteiger partial charge on any atom is 0.255 e. The average Bonchev–Trinajstić information content (AvgIpc) is 2.91. The normalized spacial score (nSPS) is 16.3. The van der Waals surface area contributed by atoms with Gasteiger partial charge in [0.05, 0.1) is 0 Å². The van der Waals surface area contributed by atoms with Crippen molar-refractivity contribution in [3.8, 4) is 0 Å². The Morgan fingerprint density at radius 2 is 1.92 bits per heavy atom. The van der Waals surface area contributed by atoms with Crippen LogP contribution in [0.15, 0.2) is 35.4 Å². The van der Waals surface area contributed by atoms with Gasteiger partial charge < -0.3 is 10.6 Å². The number of amidine groups is 1. The van der Waals surface area contributed by atoms with Crippen molar-refractivity contribution >= 4 is 23.6 Å². The maximum absolute atomic E-state index is 12.0. The van der Waals surface area contributed by atoms with Crippen molar-refractivity contribution in [3.63, 3.8) is 0 Å².